The largest absolute Gasteiger partial charge is 0.469 e. The van der Waals surface area contributed by atoms with Crippen LogP contribution in [0.1, 0.15) is 17.4 Å². The van der Waals surface area contributed by atoms with Crippen molar-refractivity contribution in [2.45, 2.75) is 19.5 Å². The number of rotatable bonds is 2. The van der Waals surface area contributed by atoms with E-state index in [1.807, 2.05) is 0 Å². The summed E-state index contributed by atoms with van der Waals surface area (Å²) in [5, 5.41) is 8.86. The standard InChI is InChI=1S/C7H8F2O2/c1-4-5(2-3-11-4)6(10)7(8)9/h2-3,6-7,10H,1H3. The van der Waals surface area contributed by atoms with Gasteiger partial charge in [0.05, 0.1) is 6.26 Å². The molecule has 1 heterocycles. The highest BCUT2D eigenvalue weighted by Gasteiger charge is 2.21. The molecule has 1 unspecified atom stereocenters. The van der Waals surface area contributed by atoms with Crippen LogP contribution in [0.4, 0.5) is 8.78 Å². The van der Waals surface area contributed by atoms with Gasteiger partial charge in [0.25, 0.3) is 6.43 Å². The number of aryl methyl sites for hydroxylation is 1. The van der Waals surface area contributed by atoms with Crippen LogP contribution in [0.25, 0.3) is 0 Å². The minimum atomic E-state index is -2.76. The molecule has 62 valence electrons. The summed E-state index contributed by atoms with van der Waals surface area (Å²) in [5.41, 5.74) is 0.153. The molecule has 1 aromatic rings. The monoisotopic (exact) mass is 162 g/mol. The van der Waals surface area contributed by atoms with Gasteiger partial charge >= 0.3 is 0 Å². The van der Waals surface area contributed by atoms with E-state index >= 15 is 0 Å². The van der Waals surface area contributed by atoms with Crippen molar-refractivity contribution in [3.05, 3.63) is 23.7 Å². The van der Waals surface area contributed by atoms with E-state index in [0.29, 0.717) is 5.76 Å². The first-order chi connectivity index (χ1) is 5.13. The first kappa shape index (κ1) is 8.20. The molecule has 1 atom stereocenters. The van der Waals surface area contributed by atoms with Crippen molar-refractivity contribution in [1.29, 1.82) is 0 Å². The fraction of sp³-hybridized carbons (Fsp3) is 0.429. The summed E-state index contributed by atoms with van der Waals surface area (Å²) in [7, 11) is 0. The quantitative estimate of drug-likeness (QED) is 0.720. The second-order valence-electron chi connectivity index (χ2n) is 2.21. The van der Waals surface area contributed by atoms with E-state index in [4.69, 9.17) is 9.52 Å². The predicted octanol–water partition coefficient (Wildman–Crippen LogP) is 1.89. The van der Waals surface area contributed by atoms with Crippen LogP contribution in [-0.4, -0.2) is 11.5 Å². The van der Waals surface area contributed by atoms with E-state index in [1.165, 1.54) is 19.3 Å². The molecule has 0 aliphatic carbocycles. The number of halogens is 2. The van der Waals surface area contributed by atoms with Crippen molar-refractivity contribution in [2.75, 3.05) is 0 Å². The molecule has 0 aromatic carbocycles. The molecule has 0 radical (unpaired) electrons. The summed E-state index contributed by atoms with van der Waals surface area (Å²) in [4.78, 5) is 0. The maximum Gasteiger partial charge on any atom is 0.268 e. The molecule has 0 bridgehead atoms. The van der Waals surface area contributed by atoms with Crippen LogP contribution in [-0.2, 0) is 0 Å². The van der Waals surface area contributed by atoms with Gasteiger partial charge in [-0.25, -0.2) is 8.78 Å². The molecule has 4 heteroatoms. The smallest absolute Gasteiger partial charge is 0.268 e. The lowest BCUT2D eigenvalue weighted by Gasteiger charge is -2.06. The number of aliphatic hydroxyl groups excluding tert-OH is 1. The zero-order valence-corrected chi connectivity index (χ0v) is 5.92. The van der Waals surface area contributed by atoms with Crippen molar-refractivity contribution in [3.8, 4) is 0 Å². The van der Waals surface area contributed by atoms with Crippen LogP contribution in [0.15, 0.2) is 16.7 Å². The van der Waals surface area contributed by atoms with Crippen molar-refractivity contribution in [2.24, 2.45) is 0 Å². The Balaban J connectivity index is 2.84. The molecule has 0 saturated carbocycles. The molecule has 0 saturated heterocycles. The molecule has 1 N–H and O–H groups in total. The lowest BCUT2D eigenvalue weighted by molar-refractivity contribution is -0.00655. The minimum absolute atomic E-state index is 0.153. The summed E-state index contributed by atoms with van der Waals surface area (Å²) in [5.74, 6) is 0.331. The summed E-state index contributed by atoms with van der Waals surface area (Å²) in [6.45, 7) is 1.53. The Bertz CT molecular complexity index is 232. The fourth-order valence-corrected chi connectivity index (χ4v) is 0.837. The van der Waals surface area contributed by atoms with Gasteiger partial charge in [-0.05, 0) is 13.0 Å². The number of aliphatic hydroxyl groups is 1. The highest BCUT2D eigenvalue weighted by molar-refractivity contribution is 5.18. The van der Waals surface area contributed by atoms with E-state index in [1.54, 1.807) is 0 Å². The topological polar surface area (TPSA) is 33.4 Å². The third-order valence-electron chi connectivity index (χ3n) is 1.46. The van der Waals surface area contributed by atoms with Crippen LogP contribution in [0.3, 0.4) is 0 Å². The van der Waals surface area contributed by atoms with Gasteiger partial charge < -0.3 is 9.52 Å². The van der Waals surface area contributed by atoms with Gasteiger partial charge in [0.1, 0.15) is 11.9 Å². The summed E-state index contributed by atoms with van der Waals surface area (Å²) >= 11 is 0. The fourth-order valence-electron chi connectivity index (χ4n) is 0.837. The highest BCUT2D eigenvalue weighted by atomic mass is 19.3. The van der Waals surface area contributed by atoms with Gasteiger partial charge in [-0.1, -0.05) is 0 Å². The number of hydrogen-bond donors (Lipinski definition) is 1. The molecule has 2 nitrogen and oxygen atoms in total. The third kappa shape index (κ3) is 1.57. The summed E-state index contributed by atoms with van der Waals surface area (Å²) < 4.78 is 28.5. The third-order valence-corrected chi connectivity index (χ3v) is 1.46. The van der Waals surface area contributed by atoms with Crippen molar-refractivity contribution in [1.82, 2.24) is 0 Å². The van der Waals surface area contributed by atoms with Gasteiger partial charge in [0.15, 0.2) is 0 Å². The van der Waals surface area contributed by atoms with Crippen molar-refractivity contribution >= 4 is 0 Å². The Morgan fingerprint density at radius 1 is 1.55 bits per heavy atom. The van der Waals surface area contributed by atoms with Gasteiger partial charge in [-0.3, -0.25) is 0 Å². The average Bonchev–Trinajstić information content (AvgIpc) is 2.33. The van der Waals surface area contributed by atoms with Crippen molar-refractivity contribution < 1.29 is 18.3 Å². The van der Waals surface area contributed by atoms with E-state index in [2.05, 4.69) is 0 Å². The zero-order chi connectivity index (χ0) is 8.43. The van der Waals surface area contributed by atoms with Crippen LogP contribution in [0.2, 0.25) is 0 Å². The maximum absolute atomic E-state index is 11.9. The Kier molecular flexibility index (Phi) is 2.24. The lowest BCUT2D eigenvalue weighted by Crippen LogP contribution is -2.07. The van der Waals surface area contributed by atoms with Crippen LogP contribution >= 0.6 is 0 Å². The molecular weight excluding hydrogens is 154 g/mol. The van der Waals surface area contributed by atoms with Crippen LogP contribution < -0.4 is 0 Å². The molecule has 0 aliphatic rings. The van der Waals surface area contributed by atoms with Gasteiger partial charge in [-0.15, -0.1) is 0 Å². The number of hydrogen-bond acceptors (Lipinski definition) is 2. The number of furan rings is 1. The molecule has 1 rings (SSSR count). The average molecular weight is 162 g/mol. The molecule has 0 amide bonds. The molecule has 0 aliphatic heterocycles. The maximum atomic E-state index is 11.9. The van der Waals surface area contributed by atoms with E-state index in [0.717, 1.165) is 0 Å². The van der Waals surface area contributed by atoms with Crippen LogP contribution in [0, 0.1) is 6.92 Å². The van der Waals surface area contributed by atoms with Gasteiger partial charge in [-0.2, -0.15) is 0 Å². The Labute approximate surface area is 62.4 Å². The Morgan fingerprint density at radius 2 is 2.18 bits per heavy atom. The Hall–Kier alpha value is -0.900. The first-order valence-electron chi connectivity index (χ1n) is 3.13. The summed E-state index contributed by atoms with van der Waals surface area (Å²) in [6, 6.07) is 1.34. The normalized spacial score (nSPS) is 13.9. The molecule has 1 aromatic heterocycles. The molecule has 11 heavy (non-hydrogen) atoms. The second kappa shape index (κ2) is 3.00. The zero-order valence-electron chi connectivity index (χ0n) is 5.92. The van der Waals surface area contributed by atoms with Gasteiger partial charge in [0, 0.05) is 5.56 Å². The van der Waals surface area contributed by atoms with Gasteiger partial charge in [0.2, 0.25) is 0 Å². The minimum Gasteiger partial charge on any atom is -0.469 e. The number of alkyl halides is 2. The second-order valence-corrected chi connectivity index (χ2v) is 2.21. The SMILES string of the molecule is Cc1occc1C(O)C(F)F. The Morgan fingerprint density at radius 3 is 2.55 bits per heavy atom. The molecule has 0 spiro atoms. The van der Waals surface area contributed by atoms with Crippen molar-refractivity contribution in [3.63, 3.8) is 0 Å². The molecule has 0 fully saturated rings. The first-order valence-corrected chi connectivity index (χ1v) is 3.13. The highest BCUT2D eigenvalue weighted by Crippen LogP contribution is 2.23. The van der Waals surface area contributed by atoms with Crippen LogP contribution in [0.5, 0.6) is 0 Å². The predicted molar refractivity (Wildman–Crippen MR) is 34.4 cm³/mol. The lowest BCUT2D eigenvalue weighted by atomic mass is 10.1. The van der Waals surface area contributed by atoms with E-state index < -0.39 is 12.5 Å². The van der Waals surface area contributed by atoms with E-state index in [9.17, 15) is 8.78 Å². The molecular formula is C7H8F2O2. The summed E-state index contributed by atoms with van der Waals surface area (Å²) in [6.07, 6.45) is -3.21. The van der Waals surface area contributed by atoms with E-state index in [-0.39, 0.29) is 5.56 Å².